The Morgan fingerprint density at radius 3 is 2.62 bits per heavy atom. The van der Waals surface area contributed by atoms with E-state index >= 15 is 0 Å². The van der Waals surface area contributed by atoms with Crippen molar-refractivity contribution in [1.29, 1.82) is 0 Å². The van der Waals surface area contributed by atoms with Crippen LogP contribution in [0.5, 0.6) is 5.75 Å². The maximum Gasteiger partial charge on any atom is 0.163 e. The van der Waals surface area contributed by atoms with Gasteiger partial charge in [-0.05, 0) is 49.0 Å². The van der Waals surface area contributed by atoms with E-state index in [1.807, 2.05) is 19.1 Å². The Labute approximate surface area is 156 Å². The zero-order chi connectivity index (χ0) is 18.7. The molecule has 2 atom stereocenters. The first-order valence-electron chi connectivity index (χ1n) is 9.48. The van der Waals surface area contributed by atoms with E-state index in [4.69, 9.17) is 4.74 Å². The molecule has 26 heavy (non-hydrogen) atoms. The van der Waals surface area contributed by atoms with Crippen molar-refractivity contribution in [2.75, 3.05) is 12.4 Å². The Hall–Kier alpha value is -1.59. The van der Waals surface area contributed by atoms with Crippen molar-refractivity contribution < 1.29 is 18.3 Å². The van der Waals surface area contributed by atoms with Crippen molar-refractivity contribution in [1.82, 2.24) is 0 Å². The van der Waals surface area contributed by atoms with E-state index in [1.54, 1.807) is 12.1 Å². The van der Waals surface area contributed by atoms with Gasteiger partial charge in [0, 0.05) is 0 Å². The van der Waals surface area contributed by atoms with Crippen LogP contribution in [0, 0.1) is 0 Å². The molecular formula is C21H28O4S. The Balaban J connectivity index is 1.73. The van der Waals surface area contributed by atoms with Crippen LogP contribution in [0.2, 0.25) is 0 Å². The summed E-state index contributed by atoms with van der Waals surface area (Å²) in [6.07, 6.45) is 6.70. The average Bonchev–Trinajstić information content (AvgIpc) is 3.14. The van der Waals surface area contributed by atoms with Crippen molar-refractivity contribution in [3.05, 3.63) is 46.5 Å². The van der Waals surface area contributed by atoms with E-state index in [0.717, 1.165) is 48.8 Å². The average molecular weight is 377 g/mol. The predicted octanol–water partition coefficient (Wildman–Crippen LogP) is 4.26. The third kappa shape index (κ3) is 4.04. The maximum atomic E-state index is 12.3. The molecule has 1 fully saturated rings. The number of hydrogen-bond acceptors (Lipinski definition) is 4. The summed E-state index contributed by atoms with van der Waals surface area (Å²) in [5.74, 6) is 0.486. The maximum absolute atomic E-state index is 12.3. The fourth-order valence-electron chi connectivity index (χ4n) is 4.03. The number of sulfone groups is 1. The first kappa shape index (κ1) is 19.2. The number of benzene rings is 1. The van der Waals surface area contributed by atoms with Gasteiger partial charge in [-0.3, -0.25) is 0 Å². The second-order valence-electron chi connectivity index (χ2n) is 7.21. The van der Waals surface area contributed by atoms with Crippen molar-refractivity contribution in [2.45, 2.75) is 57.3 Å². The van der Waals surface area contributed by atoms with Crippen LogP contribution in [0.25, 0.3) is 6.08 Å². The van der Waals surface area contributed by atoms with E-state index in [9.17, 15) is 13.5 Å². The van der Waals surface area contributed by atoms with Gasteiger partial charge in [0.05, 0.1) is 18.5 Å². The van der Waals surface area contributed by atoms with Gasteiger partial charge in [0.15, 0.2) is 9.84 Å². The first-order valence-corrected chi connectivity index (χ1v) is 11.2. The van der Waals surface area contributed by atoms with E-state index in [2.05, 4.69) is 13.0 Å². The van der Waals surface area contributed by atoms with Crippen LogP contribution in [-0.2, 0) is 14.6 Å². The molecule has 0 aromatic heterocycles. The lowest BCUT2D eigenvalue weighted by Crippen LogP contribution is -2.19. The number of rotatable bonds is 7. The highest BCUT2D eigenvalue weighted by molar-refractivity contribution is 7.92. The summed E-state index contributed by atoms with van der Waals surface area (Å²) in [5, 5.41) is 9.02. The van der Waals surface area contributed by atoms with E-state index in [-0.39, 0.29) is 17.6 Å². The lowest BCUT2D eigenvalue weighted by molar-refractivity contribution is 0.117. The summed E-state index contributed by atoms with van der Waals surface area (Å²) in [7, 11) is -3.06. The zero-order valence-electron chi connectivity index (χ0n) is 15.6. The molecule has 142 valence electrons. The summed E-state index contributed by atoms with van der Waals surface area (Å²) in [6, 6.07) is 7.21. The van der Waals surface area contributed by atoms with Crippen LogP contribution in [0.1, 0.15) is 51.5 Å². The number of hydrogen-bond donors (Lipinski definition) is 1. The molecule has 1 saturated heterocycles. The number of phenols is 1. The Morgan fingerprint density at radius 1 is 1.23 bits per heavy atom. The van der Waals surface area contributed by atoms with Gasteiger partial charge in [0.2, 0.25) is 0 Å². The second-order valence-corrected chi connectivity index (χ2v) is 9.40. The minimum absolute atomic E-state index is 0.0627. The van der Waals surface area contributed by atoms with Crippen molar-refractivity contribution >= 4 is 15.9 Å². The van der Waals surface area contributed by atoms with Crippen LogP contribution in [-0.4, -0.2) is 37.2 Å². The summed E-state index contributed by atoms with van der Waals surface area (Å²) >= 11 is 0. The smallest absolute Gasteiger partial charge is 0.163 e. The van der Waals surface area contributed by atoms with Gasteiger partial charge in [0.1, 0.15) is 11.0 Å². The molecular weight excluding hydrogens is 348 g/mol. The topological polar surface area (TPSA) is 63.6 Å². The highest BCUT2D eigenvalue weighted by Gasteiger charge is 2.46. The lowest BCUT2D eigenvalue weighted by Gasteiger charge is -2.15. The highest BCUT2D eigenvalue weighted by atomic mass is 32.2. The molecule has 3 rings (SSSR count). The molecule has 2 aliphatic heterocycles. The van der Waals surface area contributed by atoms with Gasteiger partial charge in [-0.1, -0.05) is 49.6 Å². The molecule has 0 aliphatic carbocycles. The van der Waals surface area contributed by atoms with Gasteiger partial charge in [-0.2, -0.15) is 0 Å². The molecule has 1 N–H and O–H groups in total. The number of fused-ring (bicyclic) bond motifs is 1. The predicted molar refractivity (Wildman–Crippen MR) is 105 cm³/mol. The van der Waals surface area contributed by atoms with Crippen molar-refractivity contribution in [3.8, 4) is 5.75 Å². The van der Waals surface area contributed by atoms with E-state index < -0.39 is 15.1 Å². The molecule has 0 unspecified atom stereocenters. The van der Waals surface area contributed by atoms with E-state index in [1.165, 1.54) is 5.57 Å². The molecule has 1 aromatic carbocycles. The largest absolute Gasteiger partial charge is 0.508 e. The second kappa shape index (κ2) is 7.97. The quantitative estimate of drug-likeness (QED) is 0.722. The lowest BCUT2D eigenvalue weighted by atomic mass is 9.94. The van der Waals surface area contributed by atoms with Gasteiger partial charge in [-0.25, -0.2) is 8.42 Å². The molecule has 1 aromatic rings. The SMILES string of the molecule is CCC/C(=C\c1ccc(O)cc1)CC[C@H]1OC[C@H]2C1=C(CC)CS2(=O)=O. The van der Waals surface area contributed by atoms with Crippen molar-refractivity contribution in [3.63, 3.8) is 0 Å². The Kier molecular flexibility index (Phi) is 5.88. The summed E-state index contributed by atoms with van der Waals surface area (Å²) in [6.45, 7) is 4.51. The van der Waals surface area contributed by atoms with Crippen LogP contribution in [0.4, 0.5) is 0 Å². The third-order valence-corrected chi connectivity index (χ3v) is 7.36. The third-order valence-electron chi connectivity index (χ3n) is 5.35. The van der Waals surface area contributed by atoms with Crippen LogP contribution in [0.3, 0.4) is 0 Å². The number of phenolic OH excluding ortho intramolecular Hbond substituents is 1. The fourth-order valence-corrected chi connectivity index (χ4v) is 6.08. The Bertz CT molecular complexity index is 803. The minimum Gasteiger partial charge on any atom is -0.508 e. The normalized spacial score (nSPS) is 24.9. The fraction of sp³-hybridized carbons (Fsp3) is 0.524. The standard InChI is InChI=1S/C21H28O4S/c1-3-5-15(12-16-6-9-18(22)10-7-16)8-11-19-21-17(4-2)14-26(23,24)20(21)13-25-19/h6-7,9-10,12,19-20,22H,3-5,8,11,13-14H2,1-2H3/b15-12+/t19-,20+/m1/s1. The van der Waals surface area contributed by atoms with Crippen molar-refractivity contribution in [2.24, 2.45) is 0 Å². The molecule has 5 heteroatoms. The monoisotopic (exact) mass is 376 g/mol. The van der Waals surface area contributed by atoms with Crippen LogP contribution in [0.15, 0.2) is 41.0 Å². The van der Waals surface area contributed by atoms with Crippen LogP contribution < -0.4 is 0 Å². The molecule has 2 heterocycles. The minimum atomic E-state index is -3.06. The highest BCUT2D eigenvalue weighted by Crippen LogP contribution is 2.39. The first-order chi connectivity index (χ1) is 12.4. The molecule has 0 amide bonds. The number of aromatic hydroxyl groups is 1. The van der Waals surface area contributed by atoms with Gasteiger partial charge in [-0.15, -0.1) is 0 Å². The number of allylic oxidation sites excluding steroid dienone is 1. The molecule has 0 saturated carbocycles. The summed E-state index contributed by atoms with van der Waals surface area (Å²) in [5.41, 5.74) is 4.53. The zero-order valence-corrected chi connectivity index (χ0v) is 16.4. The van der Waals surface area contributed by atoms with E-state index in [0.29, 0.717) is 6.61 Å². The number of ether oxygens (including phenoxy) is 1. The molecule has 0 bridgehead atoms. The Morgan fingerprint density at radius 2 is 1.96 bits per heavy atom. The van der Waals surface area contributed by atoms with Gasteiger partial charge >= 0.3 is 0 Å². The molecule has 0 radical (unpaired) electrons. The molecule has 0 spiro atoms. The van der Waals surface area contributed by atoms with Gasteiger partial charge < -0.3 is 9.84 Å². The van der Waals surface area contributed by atoms with Crippen LogP contribution >= 0.6 is 0 Å². The summed E-state index contributed by atoms with van der Waals surface area (Å²) < 4.78 is 30.5. The molecule has 4 nitrogen and oxygen atoms in total. The summed E-state index contributed by atoms with van der Waals surface area (Å²) in [4.78, 5) is 0. The van der Waals surface area contributed by atoms with Gasteiger partial charge in [0.25, 0.3) is 0 Å². The molecule has 2 aliphatic rings.